The van der Waals surface area contributed by atoms with Crippen molar-refractivity contribution in [2.75, 3.05) is 24.7 Å². The summed E-state index contributed by atoms with van der Waals surface area (Å²) in [6, 6.07) is 11.6. The van der Waals surface area contributed by atoms with E-state index in [2.05, 4.69) is 26.1 Å². The second kappa shape index (κ2) is 10.7. The van der Waals surface area contributed by atoms with E-state index in [1.54, 1.807) is 30.1 Å². The molecule has 0 unspecified atom stereocenters. The number of aryl methyl sites for hydroxylation is 1. The van der Waals surface area contributed by atoms with Crippen molar-refractivity contribution in [2.45, 2.75) is 38.8 Å². The summed E-state index contributed by atoms with van der Waals surface area (Å²) in [5.41, 5.74) is 0.999. The molecule has 1 saturated heterocycles. The van der Waals surface area contributed by atoms with Crippen LogP contribution in [0.5, 0.6) is 0 Å². The molecule has 43 heavy (non-hydrogen) atoms. The minimum atomic E-state index is -1.65. The maximum atomic E-state index is 15.2. The number of alkyl halides is 1. The number of rotatable bonds is 6. The molecule has 1 aliphatic carbocycles. The van der Waals surface area contributed by atoms with Gasteiger partial charge in [0.2, 0.25) is 5.91 Å². The molecular weight excluding hydrogens is 552 g/mol. The van der Waals surface area contributed by atoms with Crippen LogP contribution in [0.3, 0.4) is 0 Å². The molecule has 1 saturated carbocycles. The van der Waals surface area contributed by atoms with Gasteiger partial charge in [0.25, 0.3) is 0 Å². The van der Waals surface area contributed by atoms with Crippen molar-refractivity contribution in [1.29, 1.82) is 10.5 Å². The monoisotopic (exact) mass is 581 g/mol. The lowest BCUT2D eigenvalue weighted by Gasteiger charge is -2.46. The summed E-state index contributed by atoms with van der Waals surface area (Å²) in [5.74, 6) is -0.710. The maximum Gasteiger partial charge on any atom is 0.246 e. The Hall–Kier alpha value is -4.97. The first-order valence-electron chi connectivity index (χ1n) is 14.1. The van der Waals surface area contributed by atoms with Crippen LogP contribution in [0.2, 0.25) is 0 Å². The number of hydrogen-bond acceptors (Lipinski definition) is 8. The molecule has 218 valence electrons. The highest BCUT2D eigenvalue weighted by molar-refractivity contribution is 6.07. The van der Waals surface area contributed by atoms with Crippen LogP contribution in [-0.4, -0.2) is 67.4 Å². The van der Waals surface area contributed by atoms with Gasteiger partial charge in [0.05, 0.1) is 22.7 Å². The highest BCUT2D eigenvalue weighted by Gasteiger charge is 2.55. The Balaban J connectivity index is 1.47. The van der Waals surface area contributed by atoms with Crippen molar-refractivity contribution >= 4 is 22.6 Å². The van der Waals surface area contributed by atoms with Crippen LogP contribution in [0.1, 0.15) is 32.4 Å². The minimum Gasteiger partial charge on any atom is -0.349 e. The third kappa shape index (κ3) is 4.54. The molecule has 3 atom stereocenters. The van der Waals surface area contributed by atoms with E-state index in [0.29, 0.717) is 58.6 Å². The Morgan fingerprint density at radius 1 is 1.09 bits per heavy atom. The summed E-state index contributed by atoms with van der Waals surface area (Å²) in [4.78, 5) is 30.9. The fourth-order valence-electron chi connectivity index (χ4n) is 6.11. The lowest BCUT2D eigenvalue weighted by atomic mass is 9.83. The number of carbonyl (C=O) groups is 1. The standard InChI is InChI=1S/C31H29F2N9O/c1-18-14-42(30(43)31(15-32,16-35)20-6-7-20)19(2)13-41(18)29-26-23(27-24(33)5-4-10-36-27)9-8-22(28(26)37-17-38-29)25-11-21(12-34)40(3)39-25/h4-5,8-11,17-20H,6-7,13-15H2,1-3H3/t18-,19+,31+/m0/s1. The van der Waals surface area contributed by atoms with Crippen LogP contribution in [0.4, 0.5) is 14.6 Å². The summed E-state index contributed by atoms with van der Waals surface area (Å²) in [6.45, 7) is 3.39. The van der Waals surface area contributed by atoms with Gasteiger partial charge in [-0.1, -0.05) is 6.07 Å². The molecule has 1 aromatic carbocycles. The van der Waals surface area contributed by atoms with E-state index in [9.17, 15) is 19.7 Å². The van der Waals surface area contributed by atoms with Crippen LogP contribution in [0.25, 0.3) is 33.4 Å². The molecule has 0 bridgehead atoms. The van der Waals surface area contributed by atoms with Crippen LogP contribution in [0.15, 0.2) is 42.9 Å². The van der Waals surface area contributed by atoms with Crippen molar-refractivity contribution in [3.8, 4) is 34.7 Å². The van der Waals surface area contributed by atoms with E-state index in [4.69, 9.17) is 0 Å². The zero-order valence-electron chi connectivity index (χ0n) is 24.0. The Morgan fingerprint density at radius 2 is 1.86 bits per heavy atom. The third-order valence-electron chi connectivity index (χ3n) is 8.64. The molecule has 10 nitrogen and oxygen atoms in total. The number of halogens is 2. The number of fused-ring (bicyclic) bond motifs is 1. The highest BCUT2D eigenvalue weighted by Crippen LogP contribution is 2.48. The maximum absolute atomic E-state index is 15.2. The Kier molecular flexibility index (Phi) is 7.01. The van der Waals surface area contributed by atoms with E-state index in [0.717, 1.165) is 0 Å². The average molecular weight is 582 g/mol. The summed E-state index contributed by atoms with van der Waals surface area (Å²) in [5, 5.41) is 24.4. The zero-order chi connectivity index (χ0) is 30.5. The van der Waals surface area contributed by atoms with Crippen molar-refractivity contribution in [3.05, 3.63) is 54.4 Å². The van der Waals surface area contributed by atoms with Gasteiger partial charge >= 0.3 is 0 Å². The number of piperazine rings is 1. The minimum absolute atomic E-state index is 0.134. The molecule has 4 aromatic rings. The van der Waals surface area contributed by atoms with Gasteiger partial charge in [0.15, 0.2) is 5.41 Å². The number of amides is 1. The Bertz CT molecular complexity index is 1820. The average Bonchev–Trinajstić information content (AvgIpc) is 3.80. The van der Waals surface area contributed by atoms with Gasteiger partial charge in [0, 0.05) is 55.6 Å². The van der Waals surface area contributed by atoms with E-state index in [1.807, 2.05) is 24.8 Å². The van der Waals surface area contributed by atoms with Crippen LogP contribution >= 0.6 is 0 Å². The first kappa shape index (κ1) is 28.2. The van der Waals surface area contributed by atoms with E-state index < -0.39 is 23.8 Å². The zero-order valence-corrected chi connectivity index (χ0v) is 24.0. The summed E-state index contributed by atoms with van der Waals surface area (Å²) in [6.07, 6.45) is 4.28. The summed E-state index contributed by atoms with van der Waals surface area (Å²) >= 11 is 0. The number of benzene rings is 1. The molecule has 6 rings (SSSR count). The first-order chi connectivity index (χ1) is 20.7. The summed E-state index contributed by atoms with van der Waals surface area (Å²) < 4.78 is 30.9. The van der Waals surface area contributed by atoms with Crippen LogP contribution in [0, 0.1) is 39.8 Å². The number of carbonyl (C=O) groups excluding carboxylic acids is 1. The molecule has 1 amide bonds. The Morgan fingerprint density at radius 3 is 2.51 bits per heavy atom. The Labute approximate surface area is 247 Å². The van der Waals surface area contributed by atoms with Gasteiger partial charge in [0.1, 0.15) is 42.1 Å². The first-order valence-corrected chi connectivity index (χ1v) is 14.1. The predicted octanol–water partition coefficient (Wildman–Crippen LogP) is 4.42. The number of aromatic nitrogens is 5. The van der Waals surface area contributed by atoms with Crippen LogP contribution in [-0.2, 0) is 11.8 Å². The predicted molar refractivity (Wildman–Crippen MR) is 154 cm³/mol. The SMILES string of the molecule is C[C@@H]1CN(c2ncnc3c(-c4cc(C#N)n(C)n4)ccc(-c4ncccc4F)c23)[C@@H](C)CN1C(=O)[C@@](C#N)(CF)C1CC1. The fraction of sp³-hybridized carbons (Fsp3) is 0.387. The number of anilines is 1. The molecule has 2 aliphatic rings. The number of nitriles is 2. The number of pyridine rings is 1. The van der Waals surface area contributed by atoms with Crippen molar-refractivity contribution in [2.24, 2.45) is 18.4 Å². The smallest absolute Gasteiger partial charge is 0.246 e. The molecule has 0 spiro atoms. The number of nitrogens with zero attached hydrogens (tertiary/aromatic N) is 9. The molecule has 0 radical (unpaired) electrons. The van der Waals surface area contributed by atoms with Crippen molar-refractivity contribution < 1.29 is 13.6 Å². The van der Waals surface area contributed by atoms with Gasteiger partial charge in [-0.2, -0.15) is 15.6 Å². The second-order valence-corrected chi connectivity index (χ2v) is 11.4. The lowest BCUT2D eigenvalue weighted by molar-refractivity contribution is -0.144. The fourth-order valence-corrected chi connectivity index (χ4v) is 6.11. The van der Waals surface area contributed by atoms with Crippen molar-refractivity contribution in [1.82, 2.24) is 29.6 Å². The topological polar surface area (TPSA) is 128 Å². The quantitative estimate of drug-likeness (QED) is 0.328. The van der Waals surface area contributed by atoms with Gasteiger partial charge < -0.3 is 9.80 Å². The van der Waals surface area contributed by atoms with Crippen molar-refractivity contribution in [3.63, 3.8) is 0 Å². The molecule has 2 fully saturated rings. The summed E-state index contributed by atoms with van der Waals surface area (Å²) in [7, 11) is 1.68. The molecular formula is C31H29F2N9O. The molecule has 4 heterocycles. The normalized spacial score (nSPS) is 20.0. The largest absolute Gasteiger partial charge is 0.349 e. The van der Waals surface area contributed by atoms with E-state index in [1.165, 1.54) is 29.3 Å². The van der Waals surface area contributed by atoms with Gasteiger partial charge in [-0.3, -0.25) is 14.5 Å². The van der Waals surface area contributed by atoms with Crippen LogP contribution < -0.4 is 4.90 Å². The van der Waals surface area contributed by atoms with Gasteiger partial charge in [-0.05, 0) is 50.8 Å². The van der Waals surface area contributed by atoms with E-state index in [-0.39, 0.29) is 30.2 Å². The van der Waals surface area contributed by atoms with Gasteiger partial charge in [-0.15, -0.1) is 0 Å². The molecule has 12 heteroatoms. The lowest BCUT2D eigenvalue weighted by Crippen LogP contribution is -2.61. The third-order valence-corrected chi connectivity index (χ3v) is 8.64. The van der Waals surface area contributed by atoms with E-state index >= 15 is 4.39 Å². The highest BCUT2D eigenvalue weighted by atomic mass is 19.1. The molecule has 3 aromatic heterocycles. The number of hydrogen-bond donors (Lipinski definition) is 0. The molecule has 1 aliphatic heterocycles. The second-order valence-electron chi connectivity index (χ2n) is 11.4. The van der Waals surface area contributed by atoms with Gasteiger partial charge in [-0.25, -0.2) is 18.7 Å². The molecule has 0 N–H and O–H groups in total.